The van der Waals surface area contributed by atoms with E-state index in [-0.39, 0.29) is 0 Å². The van der Waals surface area contributed by atoms with Crippen molar-refractivity contribution in [2.24, 2.45) is 0 Å². The number of hydrogen-bond donors (Lipinski definition) is 1. The molecule has 0 spiro atoms. The monoisotopic (exact) mass is 441 g/mol. The lowest BCUT2D eigenvalue weighted by atomic mass is 9.91. The highest BCUT2D eigenvalue weighted by molar-refractivity contribution is 7.88. The number of sulfonamides is 1. The van der Waals surface area contributed by atoms with Gasteiger partial charge < -0.3 is 4.57 Å². The lowest BCUT2D eigenvalue weighted by Crippen LogP contribution is -2.29. The maximum Gasteiger partial charge on any atom is 0.208 e. The fourth-order valence-corrected chi connectivity index (χ4v) is 5.01. The van der Waals surface area contributed by atoms with E-state index in [9.17, 15) is 8.42 Å². The third-order valence-electron chi connectivity index (χ3n) is 5.99. The van der Waals surface area contributed by atoms with Crippen molar-refractivity contribution in [2.45, 2.75) is 51.2 Å². The third-order valence-corrected chi connectivity index (χ3v) is 6.72. The molecule has 1 aliphatic rings. The molecule has 3 aromatic rings. The quantitative estimate of drug-likeness (QED) is 0.516. The maximum absolute atomic E-state index is 11.3. The fourth-order valence-electron chi connectivity index (χ4n) is 4.50. The van der Waals surface area contributed by atoms with Crippen LogP contribution < -0.4 is 4.72 Å². The number of unbranched alkanes of at least 4 members (excludes halogenated alkanes) is 1. The van der Waals surface area contributed by atoms with E-state index < -0.39 is 10.0 Å². The van der Waals surface area contributed by atoms with Gasteiger partial charge in [0.25, 0.3) is 0 Å². The van der Waals surface area contributed by atoms with Gasteiger partial charge in [-0.1, -0.05) is 18.2 Å². The van der Waals surface area contributed by atoms with Crippen LogP contribution in [0.25, 0.3) is 11.0 Å². The number of hydrogen-bond acceptors (Lipinski definition) is 5. The summed E-state index contributed by atoms with van der Waals surface area (Å²) in [6.45, 7) is 2.02. The number of benzene rings is 1. The van der Waals surface area contributed by atoms with E-state index in [1.165, 1.54) is 23.9 Å². The van der Waals surface area contributed by atoms with Gasteiger partial charge in [0.05, 0.1) is 35.6 Å². The molecule has 1 N–H and O–H groups in total. The first-order valence-corrected chi connectivity index (χ1v) is 12.8. The molecule has 7 nitrogen and oxygen atoms in total. The molecule has 4 rings (SSSR count). The number of imidazole rings is 1. The van der Waals surface area contributed by atoms with Gasteiger partial charge in [-0.3, -0.25) is 9.88 Å². The molecule has 0 aliphatic heterocycles. The van der Waals surface area contributed by atoms with Crippen molar-refractivity contribution in [3.8, 4) is 0 Å². The van der Waals surface area contributed by atoms with Crippen molar-refractivity contribution in [3.05, 3.63) is 59.7 Å². The lowest BCUT2D eigenvalue weighted by molar-refractivity contribution is 0.201. The van der Waals surface area contributed by atoms with E-state index in [0.717, 1.165) is 55.6 Å². The van der Waals surface area contributed by atoms with Gasteiger partial charge in [0.2, 0.25) is 10.0 Å². The Bertz CT molecular complexity index is 1140. The molecule has 166 valence electrons. The zero-order chi connectivity index (χ0) is 21.8. The topological polar surface area (TPSA) is 80.1 Å². The maximum atomic E-state index is 11.3. The Morgan fingerprint density at radius 2 is 2.03 bits per heavy atom. The Morgan fingerprint density at radius 1 is 1.19 bits per heavy atom. The van der Waals surface area contributed by atoms with Gasteiger partial charge in [-0.15, -0.1) is 0 Å². The minimum atomic E-state index is -3.14. The summed E-state index contributed by atoms with van der Waals surface area (Å²) in [6.07, 6.45) is 8.15. The van der Waals surface area contributed by atoms with Crippen molar-refractivity contribution < 1.29 is 8.42 Å². The second-order valence-corrected chi connectivity index (χ2v) is 10.2. The van der Waals surface area contributed by atoms with Crippen LogP contribution in [0.15, 0.2) is 42.6 Å². The molecule has 2 aromatic heterocycles. The molecule has 0 amide bonds. The SMILES string of the molecule is CN(Cc1nc2ccccc2n1CCCCNS(C)(=O)=O)C1CCCc2cccnc21. The largest absolute Gasteiger partial charge is 0.327 e. The molecule has 0 radical (unpaired) electrons. The van der Waals surface area contributed by atoms with Crippen molar-refractivity contribution in [3.63, 3.8) is 0 Å². The highest BCUT2D eigenvalue weighted by atomic mass is 32.2. The van der Waals surface area contributed by atoms with Crippen molar-refractivity contribution in [2.75, 3.05) is 19.8 Å². The van der Waals surface area contributed by atoms with Crippen LogP contribution in [0.5, 0.6) is 0 Å². The van der Waals surface area contributed by atoms with Gasteiger partial charge in [-0.25, -0.2) is 18.1 Å². The van der Waals surface area contributed by atoms with Crippen LogP contribution >= 0.6 is 0 Å². The van der Waals surface area contributed by atoms with E-state index >= 15 is 0 Å². The van der Waals surface area contributed by atoms with Gasteiger partial charge in [-0.05, 0) is 62.9 Å². The predicted octanol–water partition coefficient (Wildman–Crippen LogP) is 3.27. The van der Waals surface area contributed by atoms with E-state index in [2.05, 4.69) is 39.4 Å². The molecular formula is C23H31N5O2S. The Hall–Kier alpha value is -2.29. The molecule has 1 atom stereocenters. The van der Waals surface area contributed by atoms with Gasteiger partial charge in [-0.2, -0.15) is 0 Å². The number of rotatable bonds is 9. The van der Waals surface area contributed by atoms with E-state index in [1.807, 2.05) is 24.4 Å². The van der Waals surface area contributed by atoms with E-state index in [1.54, 1.807) is 0 Å². The lowest BCUT2D eigenvalue weighted by Gasteiger charge is -2.32. The summed E-state index contributed by atoms with van der Waals surface area (Å²) in [5.74, 6) is 1.04. The molecular weight excluding hydrogens is 410 g/mol. The number of fused-ring (bicyclic) bond motifs is 2. The summed E-state index contributed by atoms with van der Waals surface area (Å²) in [7, 11) is -0.975. The zero-order valence-electron chi connectivity index (χ0n) is 18.3. The first-order valence-electron chi connectivity index (χ1n) is 11.0. The van der Waals surface area contributed by atoms with E-state index in [4.69, 9.17) is 9.97 Å². The molecule has 2 heterocycles. The Kier molecular flexibility index (Phi) is 6.69. The van der Waals surface area contributed by atoms with Crippen LogP contribution in [0, 0.1) is 0 Å². The van der Waals surface area contributed by atoms with Gasteiger partial charge in [0, 0.05) is 19.3 Å². The molecule has 0 saturated carbocycles. The Morgan fingerprint density at radius 3 is 2.87 bits per heavy atom. The van der Waals surface area contributed by atoms with Crippen LogP contribution in [-0.2, 0) is 29.5 Å². The highest BCUT2D eigenvalue weighted by Crippen LogP contribution is 2.33. The normalized spacial score (nSPS) is 16.7. The molecule has 1 unspecified atom stereocenters. The first kappa shape index (κ1) is 21.9. The van der Waals surface area contributed by atoms with Crippen LogP contribution in [0.2, 0.25) is 0 Å². The smallest absolute Gasteiger partial charge is 0.208 e. The summed E-state index contributed by atoms with van der Waals surface area (Å²) < 4.78 is 27.4. The fraction of sp³-hybridized carbons (Fsp3) is 0.478. The molecule has 0 fully saturated rings. The summed E-state index contributed by atoms with van der Waals surface area (Å²) in [6, 6.07) is 12.7. The predicted molar refractivity (Wildman–Crippen MR) is 123 cm³/mol. The van der Waals surface area contributed by atoms with Gasteiger partial charge >= 0.3 is 0 Å². The van der Waals surface area contributed by atoms with Gasteiger partial charge in [0.15, 0.2) is 0 Å². The Balaban J connectivity index is 1.50. The zero-order valence-corrected chi connectivity index (χ0v) is 19.1. The number of aryl methyl sites for hydroxylation is 2. The minimum Gasteiger partial charge on any atom is -0.327 e. The minimum absolute atomic E-state index is 0.303. The summed E-state index contributed by atoms with van der Waals surface area (Å²) >= 11 is 0. The van der Waals surface area contributed by atoms with Crippen molar-refractivity contribution in [1.29, 1.82) is 0 Å². The molecule has 1 aromatic carbocycles. The number of aromatic nitrogens is 3. The van der Waals surface area contributed by atoms with E-state index in [0.29, 0.717) is 12.6 Å². The number of nitrogens with one attached hydrogen (secondary N) is 1. The average Bonchev–Trinajstić information content (AvgIpc) is 3.09. The van der Waals surface area contributed by atoms with Crippen LogP contribution in [0.3, 0.4) is 0 Å². The third kappa shape index (κ3) is 5.31. The number of pyridine rings is 1. The van der Waals surface area contributed by atoms with Crippen molar-refractivity contribution >= 4 is 21.1 Å². The summed E-state index contributed by atoms with van der Waals surface area (Å²) in [5, 5.41) is 0. The molecule has 31 heavy (non-hydrogen) atoms. The van der Waals surface area contributed by atoms with Gasteiger partial charge in [0.1, 0.15) is 5.82 Å². The molecule has 0 saturated heterocycles. The second-order valence-electron chi connectivity index (χ2n) is 8.41. The van der Waals surface area contributed by atoms with Crippen LogP contribution in [-0.4, -0.2) is 47.7 Å². The summed E-state index contributed by atoms with van der Waals surface area (Å²) in [5.41, 5.74) is 4.69. The molecule has 1 aliphatic carbocycles. The van der Waals surface area contributed by atoms with Crippen LogP contribution in [0.1, 0.15) is 48.8 Å². The first-order chi connectivity index (χ1) is 14.9. The Labute approximate surface area is 184 Å². The number of para-hydroxylation sites is 2. The molecule has 8 heteroatoms. The second kappa shape index (κ2) is 9.46. The van der Waals surface area contributed by atoms with Crippen molar-refractivity contribution in [1.82, 2.24) is 24.2 Å². The standard InChI is InChI=1S/C23H31N5O2S/c1-27(21-13-7-9-18-10-8-14-24-23(18)21)17-22-26-19-11-3-4-12-20(19)28(22)16-6-5-15-25-31(2,29)30/h3-4,8,10-12,14,21,25H,5-7,9,13,15-17H2,1-2H3. The van der Waals surface area contributed by atoms with Crippen LogP contribution in [0.4, 0.5) is 0 Å². The highest BCUT2D eigenvalue weighted by Gasteiger charge is 2.26. The number of nitrogens with zero attached hydrogens (tertiary/aromatic N) is 4. The average molecular weight is 442 g/mol. The summed E-state index contributed by atoms with van der Waals surface area (Å²) in [4.78, 5) is 12.0. The molecule has 0 bridgehead atoms.